The maximum atomic E-state index is 3.55. The molecule has 0 spiro atoms. The van der Waals surface area contributed by atoms with Crippen molar-refractivity contribution < 1.29 is 0 Å². The van der Waals surface area contributed by atoms with Gasteiger partial charge in [0.1, 0.15) is 0 Å². The molecule has 2 aromatic carbocycles. The SMILES string of the molecule is Cc1ccc(NCc2ccccc2C2CC2)cc1C. The molecule has 1 nitrogen and oxygen atoms in total. The van der Waals surface area contributed by atoms with Gasteiger partial charge in [0.2, 0.25) is 0 Å². The van der Waals surface area contributed by atoms with Crippen LogP contribution in [0, 0.1) is 13.8 Å². The molecule has 0 atom stereocenters. The van der Waals surface area contributed by atoms with Crippen molar-refractivity contribution in [1.82, 2.24) is 0 Å². The molecular weight excluding hydrogens is 230 g/mol. The van der Waals surface area contributed by atoms with Crippen LogP contribution in [0.25, 0.3) is 0 Å². The Kier molecular flexibility index (Phi) is 3.29. The van der Waals surface area contributed by atoms with Gasteiger partial charge >= 0.3 is 0 Å². The second-order valence-electron chi connectivity index (χ2n) is 5.63. The first kappa shape index (κ1) is 12.3. The summed E-state index contributed by atoms with van der Waals surface area (Å²) in [7, 11) is 0. The Balaban J connectivity index is 1.73. The third kappa shape index (κ3) is 2.81. The number of aryl methyl sites for hydroxylation is 2. The van der Waals surface area contributed by atoms with Gasteiger partial charge in [-0.2, -0.15) is 0 Å². The van der Waals surface area contributed by atoms with Crippen LogP contribution in [-0.4, -0.2) is 0 Å². The second-order valence-corrected chi connectivity index (χ2v) is 5.63. The number of hydrogen-bond donors (Lipinski definition) is 1. The minimum Gasteiger partial charge on any atom is -0.381 e. The summed E-state index contributed by atoms with van der Waals surface area (Å²) in [5.74, 6) is 0.817. The van der Waals surface area contributed by atoms with Gasteiger partial charge in [0, 0.05) is 12.2 Å². The molecule has 0 saturated heterocycles. The van der Waals surface area contributed by atoms with Crippen molar-refractivity contribution in [3.05, 3.63) is 64.7 Å². The maximum absolute atomic E-state index is 3.55. The van der Waals surface area contributed by atoms with E-state index in [2.05, 4.69) is 61.6 Å². The minimum absolute atomic E-state index is 0.817. The molecule has 1 aliphatic carbocycles. The highest BCUT2D eigenvalue weighted by Gasteiger charge is 2.25. The lowest BCUT2D eigenvalue weighted by Crippen LogP contribution is -2.02. The van der Waals surface area contributed by atoms with Gasteiger partial charge in [-0.05, 0) is 67.0 Å². The van der Waals surface area contributed by atoms with Crippen molar-refractivity contribution in [3.63, 3.8) is 0 Å². The van der Waals surface area contributed by atoms with E-state index in [0.717, 1.165) is 12.5 Å². The summed E-state index contributed by atoms with van der Waals surface area (Å²) in [6, 6.07) is 15.4. The van der Waals surface area contributed by atoms with Gasteiger partial charge in [-0.15, -0.1) is 0 Å². The molecule has 0 amide bonds. The van der Waals surface area contributed by atoms with Crippen molar-refractivity contribution in [3.8, 4) is 0 Å². The first-order valence-corrected chi connectivity index (χ1v) is 7.13. The smallest absolute Gasteiger partial charge is 0.0403 e. The molecule has 1 saturated carbocycles. The molecule has 0 bridgehead atoms. The fourth-order valence-electron chi connectivity index (χ4n) is 2.54. The van der Waals surface area contributed by atoms with E-state index in [9.17, 15) is 0 Å². The van der Waals surface area contributed by atoms with Gasteiger partial charge in [-0.25, -0.2) is 0 Å². The Morgan fingerprint density at radius 1 is 1.00 bits per heavy atom. The van der Waals surface area contributed by atoms with Crippen molar-refractivity contribution in [2.45, 2.75) is 39.2 Å². The molecule has 0 aromatic heterocycles. The first-order chi connectivity index (χ1) is 9.24. The first-order valence-electron chi connectivity index (χ1n) is 7.13. The molecular formula is C18H21N. The minimum atomic E-state index is 0.817. The second kappa shape index (κ2) is 5.08. The Bertz CT molecular complexity index is 582. The molecule has 1 heteroatoms. The molecule has 19 heavy (non-hydrogen) atoms. The molecule has 98 valence electrons. The molecule has 1 fully saturated rings. The summed E-state index contributed by atoms with van der Waals surface area (Å²) < 4.78 is 0. The van der Waals surface area contributed by atoms with Gasteiger partial charge in [-0.1, -0.05) is 30.3 Å². The van der Waals surface area contributed by atoms with E-state index >= 15 is 0 Å². The van der Waals surface area contributed by atoms with E-state index < -0.39 is 0 Å². The number of rotatable bonds is 4. The van der Waals surface area contributed by atoms with E-state index in [-0.39, 0.29) is 0 Å². The van der Waals surface area contributed by atoms with Crippen molar-refractivity contribution in [2.24, 2.45) is 0 Å². The van der Waals surface area contributed by atoms with Gasteiger partial charge in [0.25, 0.3) is 0 Å². The van der Waals surface area contributed by atoms with Crippen LogP contribution >= 0.6 is 0 Å². The highest BCUT2D eigenvalue weighted by molar-refractivity contribution is 5.49. The number of benzene rings is 2. The summed E-state index contributed by atoms with van der Waals surface area (Å²) in [5, 5.41) is 3.55. The van der Waals surface area contributed by atoms with E-state index in [4.69, 9.17) is 0 Å². The predicted molar refractivity (Wildman–Crippen MR) is 81.7 cm³/mol. The van der Waals surface area contributed by atoms with Gasteiger partial charge in [-0.3, -0.25) is 0 Å². The summed E-state index contributed by atoms with van der Waals surface area (Å²) in [6.07, 6.45) is 2.72. The van der Waals surface area contributed by atoms with Crippen LogP contribution in [0.3, 0.4) is 0 Å². The summed E-state index contributed by atoms with van der Waals surface area (Å²) in [6.45, 7) is 5.25. The lowest BCUT2D eigenvalue weighted by Gasteiger charge is -2.12. The van der Waals surface area contributed by atoms with Crippen LogP contribution in [0.5, 0.6) is 0 Å². The average Bonchev–Trinajstić information content (AvgIpc) is 3.25. The molecule has 0 unspecified atom stereocenters. The molecule has 0 aliphatic heterocycles. The highest BCUT2D eigenvalue weighted by atomic mass is 14.9. The zero-order valence-corrected chi connectivity index (χ0v) is 11.7. The quantitative estimate of drug-likeness (QED) is 0.823. The highest BCUT2D eigenvalue weighted by Crippen LogP contribution is 2.41. The van der Waals surface area contributed by atoms with Crippen molar-refractivity contribution in [2.75, 3.05) is 5.32 Å². The summed E-state index contributed by atoms with van der Waals surface area (Å²) in [4.78, 5) is 0. The molecule has 1 aliphatic rings. The zero-order chi connectivity index (χ0) is 13.2. The lowest BCUT2D eigenvalue weighted by atomic mass is 10.0. The Labute approximate surface area is 115 Å². The van der Waals surface area contributed by atoms with E-state index in [0.29, 0.717) is 0 Å². The van der Waals surface area contributed by atoms with Gasteiger partial charge in [0.15, 0.2) is 0 Å². The van der Waals surface area contributed by atoms with Gasteiger partial charge in [0.05, 0.1) is 0 Å². The number of hydrogen-bond acceptors (Lipinski definition) is 1. The monoisotopic (exact) mass is 251 g/mol. The van der Waals surface area contributed by atoms with Crippen molar-refractivity contribution >= 4 is 5.69 Å². The van der Waals surface area contributed by atoms with Crippen LogP contribution in [0.15, 0.2) is 42.5 Å². The third-order valence-corrected chi connectivity index (χ3v) is 4.06. The Morgan fingerprint density at radius 2 is 1.79 bits per heavy atom. The fourth-order valence-corrected chi connectivity index (χ4v) is 2.54. The standard InChI is InChI=1S/C18H21N/c1-13-7-10-17(11-14(13)2)19-12-16-5-3-4-6-18(16)15-8-9-15/h3-7,10-11,15,19H,8-9,12H2,1-2H3. The Morgan fingerprint density at radius 3 is 2.53 bits per heavy atom. The summed E-state index contributed by atoms with van der Waals surface area (Å²) >= 11 is 0. The molecule has 0 radical (unpaired) electrons. The van der Waals surface area contributed by atoms with Crippen molar-refractivity contribution in [1.29, 1.82) is 0 Å². The fraction of sp³-hybridized carbons (Fsp3) is 0.333. The predicted octanol–water partition coefficient (Wildman–Crippen LogP) is 4.79. The normalized spacial score (nSPS) is 14.4. The van der Waals surface area contributed by atoms with Crippen LogP contribution < -0.4 is 5.32 Å². The topological polar surface area (TPSA) is 12.0 Å². The number of nitrogens with one attached hydrogen (secondary N) is 1. The molecule has 2 aromatic rings. The largest absolute Gasteiger partial charge is 0.381 e. The molecule has 3 rings (SSSR count). The Hall–Kier alpha value is -1.76. The molecule has 1 N–H and O–H groups in total. The zero-order valence-electron chi connectivity index (χ0n) is 11.7. The van der Waals surface area contributed by atoms with Crippen LogP contribution in [-0.2, 0) is 6.54 Å². The maximum Gasteiger partial charge on any atom is 0.0403 e. The van der Waals surface area contributed by atoms with E-state index in [1.54, 1.807) is 5.56 Å². The molecule has 0 heterocycles. The number of anilines is 1. The third-order valence-electron chi connectivity index (χ3n) is 4.06. The van der Waals surface area contributed by atoms with Crippen LogP contribution in [0.4, 0.5) is 5.69 Å². The van der Waals surface area contributed by atoms with Gasteiger partial charge < -0.3 is 5.32 Å². The van der Waals surface area contributed by atoms with Crippen LogP contribution in [0.2, 0.25) is 0 Å². The van der Waals surface area contributed by atoms with E-state index in [1.807, 2.05) is 0 Å². The van der Waals surface area contributed by atoms with Crippen LogP contribution in [0.1, 0.15) is 41.0 Å². The lowest BCUT2D eigenvalue weighted by molar-refractivity contribution is 1.03. The average molecular weight is 251 g/mol. The summed E-state index contributed by atoms with van der Waals surface area (Å²) in [5.41, 5.74) is 6.90. The van der Waals surface area contributed by atoms with E-state index in [1.165, 1.54) is 35.2 Å².